The second-order valence-electron chi connectivity index (χ2n) is 5.91. The average Bonchev–Trinajstić information content (AvgIpc) is 3.31. The summed E-state index contributed by atoms with van der Waals surface area (Å²) in [5, 5.41) is 6.20. The number of carbonyl (C=O) groups is 1. The quantitative estimate of drug-likeness (QED) is 0.292. The fourth-order valence-electron chi connectivity index (χ4n) is 2.35. The van der Waals surface area contributed by atoms with E-state index in [1.54, 1.807) is 13.1 Å². The molecular weight excluding hydrogens is 422 g/mol. The molecule has 0 aromatic heterocycles. The van der Waals surface area contributed by atoms with Crippen molar-refractivity contribution in [2.75, 3.05) is 20.6 Å². The van der Waals surface area contributed by atoms with Crippen LogP contribution in [0.2, 0.25) is 0 Å². The van der Waals surface area contributed by atoms with Gasteiger partial charge in [-0.3, -0.25) is 9.79 Å². The molecule has 0 atom stereocenters. The molecule has 24 heavy (non-hydrogen) atoms. The number of nitrogens with one attached hydrogen (secondary N) is 2. The Bertz CT molecular complexity index is 563. The topological polar surface area (TPSA) is 56.7 Å². The molecule has 5 nitrogen and oxygen atoms in total. The molecule has 0 bridgehead atoms. The zero-order valence-corrected chi connectivity index (χ0v) is 16.5. The van der Waals surface area contributed by atoms with Crippen molar-refractivity contribution in [2.45, 2.75) is 38.3 Å². The molecule has 7 heteroatoms. The molecule has 1 fully saturated rings. The van der Waals surface area contributed by atoms with Gasteiger partial charge in [0.2, 0.25) is 5.91 Å². The van der Waals surface area contributed by atoms with Crippen LogP contribution in [0.4, 0.5) is 4.39 Å². The van der Waals surface area contributed by atoms with Gasteiger partial charge in [0.1, 0.15) is 5.82 Å². The van der Waals surface area contributed by atoms with Crippen LogP contribution in [0.1, 0.15) is 31.2 Å². The Morgan fingerprint density at radius 2 is 2.17 bits per heavy atom. The highest BCUT2D eigenvalue weighted by Gasteiger charge is 2.22. The molecule has 0 saturated heterocycles. The van der Waals surface area contributed by atoms with Crippen LogP contribution >= 0.6 is 24.0 Å². The summed E-state index contributed by atoms with van der Waals surface area (Å²) in [5.74, 6) is 0.620. The van der Waals surface area contributed by atoms with Crippen molar-refractivity contribution in [3.8, 4) is 0 Å². The van der Waals surface area contributed by atoms with Gasteiger partial charge < -0.3 is 15.5 Å². The van der Waals surface area contributed by atoms with E-state index in [0.29, 0.717) is 25.6 Å². The summed E-state index contributed by atoms with van der Waals surface area (Å²) in [7, 11) is 3.62. The number of hydrogen-bond donors (Lipinski definition) is 2. The standard InChI is InChI=1S/C17H25FN4O.HI/c1-19-17(20-10-4-7-16(23)21-15-8-9-15)22(2)12-13-5-3-6-14(18)11-13;/h3,5-6,11,15H,4,7-10,12H2,1-2H3,(H,19,20)(H,21,23);1H. The van der Waals surface area contributed by atoms with E-state index in [2.05, 4.69) is 15.6 Å². The Labute approximate surface area is 160 Å². The van der Waals surface area contributed by atoms with Gasteiger partial charge >= 0.3 is 0 Å². The van der Waals surface area contributed by atoms with Crippen LogP contribution in [0.15, 0.2) is 29.3 Å². The Kier molecular flexibility index (Phi) is 9.02. The van der Waals surface area contributed by atoms with Crippen molar-refractivity contribution in [1.29, 1.82) is 0 Å². The largest absolute Gasteiger partial charge is 0.356 e. The highest BCUT2D eigenvalue weighted by molar-refractivity contribution is 14.0. The number of halogens is 2. The van der Waals surface area contributed by atoms with Crippen LogP contribution in [0, 0.1) is 5.82 Å². The molecule has 2 rings (SSSR count). The van der Waals surface area contributed by atoms with Crippen molar-refractivity contribution in [1.82, 2.24) is 15.5 Å². The SMILES string of the molecule is CN=C(NCCCC(=O)NC1CC1)N(C)Cc1cccc(F)c1.I. The summed E-state index contributed by atoms with van der Waals surface area (Å²) in [6.07, 6.45) is 3.50. The number of aliphatic imine (C=N–C) groups is 1. The third-order valence-corrected chi connectivity index (χ3v) is 3.69. The summed E-state index contributed by atoms with van der Waals surface area (Å²) in [4.78, 5) is 17.7. The number of carbonyl (C=O) groups excluding carboxylic acids is 1. The molecule has 0 heterocycles. The lowest BCUT2D eigenvalue weighted by molar-refractivity contribution is -0.121. The maximum atomic E-state index is 13.2. The highest BCUT2D eigenvalue weighted by atomic mass is 127. The molecule has 0 unspecified atom stereocenters. The fourth-order valence-corrected chi connectivity index (χ4v) is 2.35. The number of benzene rings is 1. The first-order chi connectivity index (χ1) is 11.1. The molecule has 1 amide bonds. The first-order valence-corrected chi connectivity index (χ1v) is 8.04. The van der Waals surface area contributed by atoms with Crippen molar-refractivity contribution in [3.05, 3.63) is 35.6 Å². The summed E-state index contributed by atoms with van der Waals surface area (Å²) in [6.45, 7) is 1.25. The summed E-state index contributed by atoms with van der Waals surface area (Å²) in [5.41, 5.74) is 0.888. The summed E-state index contributed by atoms with van der Waals surface area (Å²) >= 11 is 0. The third kappa shape index (κ3) is 7.46. The van der Waals surface area contributed by atoms with Gasteiger partial charge in [-0.25, -0.2) is 4.39 Å². The average molecular weight is 448 g/mol. The van der Waals surface area contributed by atoms with E-state index in [9.17, 15) is 9.18 Å². The van der Waals surface area contributed by atoms with Crippen LogP contribution in [-0.4, -0.2) is 43.4 Å². The number of rotatable bonds is 7. The summed E-state index contributed by atoms with van der Waals surface area (Å²) < 4.78 is 13.2. The van der Waals surface area contributed by atoms with Gasteiger partial charge in [0.25, 0.3) is 0 Å². The van der Waals surface area contributed by atoms with Crippen LogP contribution < -0.4 is 10.6 Å². The lowest BCUT2D eigenvalue weighted by Gasteiger charge is -2.22. The van der Waals surface area contributed by atoms with Crippen LogP contribution in [0.25, 0.3) is 0 Å². The van der Waals surface area contributed by atoms with E-state index in [0.717, 1.165) is 30.8 Å². The van der Waals surface area contributed by atoms with Gasteiger partial charge in [-0.2, -0.15) is 0 Å². The second-order valence-corrected chi connectivity index (χ2v) is 5.91. The summed E-state index contributed by atoms with van der Waals surface area (Å²) in [6, 6.07) is 6.96. The highest BCUT2D eigenvalue weighted by Crippen LogP contribution is 2.18. The minimum Gasteiger partial charge on any atom is -0.356 e. The molecule has 1 aromatic carbocycles. The maximum Gasteiger partial charge on any atom is 0.220 e. The van der Waals surface area contributed by atoms with Crippen molar-refractivity contribution in [3.63, 3.8) is 0 Å². The molecule has 1 saturated carbocycles. The van der Waals surface area contributed by atoms with Gasteiger partial charge in [-0.15, -0.1) is 24.0 Å². The lowest BCUT2D eigenvalue weighted by atomic mass is 10.2. The van der Waals surface area contributed by atoms with E-state index in [4.69, 9.17) is 0 Å². The molecule has 0 aliphatic heterocycles. The molecule has 1 aromatic rings. The third-order valence-electron chi connectivity index (χ3n) is 3.69. The monoisotopic (exact) mass is 448 g/mol. The molecular formula is C17H26FIN4O. The van der Waals surface area contributed by atoms with Crippen molar-refractivity contribution < 1.29 is 9.18 Å². The lowest BCUT2D eigenvalue weighted by Crippen LogP contribution is -2.39. The molecule has 134 valence electrons. The molecule has 0 radical (unpaired) electrons. The predicted octanol–water partition coefficient (Wildman–Crippen LogP) is 2.51. The minimum absolute atomic E-state index is 0. The Hall–Kier alpha value is -1.38. The van der Waals surface area contributed by atoms with Gasteiger partial charge in [0.05, 0.1) is 0 Å². The van der Waals surface area contributed by atoms with E-state index in [1.165, 1.54) is 12.1 Å². The van der Waals surface area contributed by atoms with Crippen LogP contribution in [0.5, 0.6) is 0 Å². The van der Waals surface area contributed by atoms with E-state index in [1.807, 2.05) is 18.0 Å². The predicted molar refractivity (Wildman–Crippen MR) is 105 cm³/mol. The molecule has 1 aliphatic rings. The first kappa shape index (κ1) is 20.7. The van der Waals surface area contributed by atoms with Crippen molar-refractivity contribution in [2.24, 2.45) is 4.99 Å². The first-order valence-electron chi connectivity index (χ1n) is 8.04. The Morgan fingerprint density at radius 1 is 1.42 bits per heavy atom. The van der Waals surface area contributed by atoms with Crippen LogP contribution in [-0.2, 0) is 11.3 Å². The van der Waals surface area contributed by atoms with Crippen LogP contribution in [0.3, 0.4) is 0 Å². The van der Waals surface area contributed by atoms with Gasteiger partial charge in [0, 0.05) is 39.6 Å². The van der Waals surface area contributed by atoms with E-state index in [-0.39, 0.29) is 35.7 Å². The molecule has 2 N–H and O–H groups in total. The van der Waals surface area contributed by atoms with Gasteiger partial charge in [0.15, 0.2) is 5.96 Å². The second kappa shape index (κ2) is 10.5. The zero-order chi connectivity index (χ0) is 16.7. The minimum atomic E-state index is -0.236. The smallest absolute Gasteiger partial charge is 0.220 e. The van der Waals surface area contributed by atoms with E-state index < -0.39 is 0 Å². The number of nitrogens with zero attached hydrogens (tertiary/aromatic N) is 2. The Morgan fingerprint density at radius 3 is 2.79 bits per heavy atom. The number of guanidine groups is 1. The number of hydrogen-bond acceptors (Lipinski definition) is 2. The normalized spacial score (nSPS) is 13.9. The van der Waals surface area contributed by atoms with Crippen molar-refractivity contribution >= 4 is 35.8 Å². The Balaban J connectivity index is 0.00000288. The fraction of sp³-hybridized carbons (Fsp3) is 0.529. The number of amides is 1. The molecule has 1 aliphatic carbocycles. The molecule has 0 spiro atoms. The zero-order valence-electron chi connectivity index (χ0n) is 14.2. The van der Waals surface area contributed by atoms with Gasteiger partial charge in [-0.05, 0) is 37.0 Å². The maximum absolute atomic E-state index is 13.2. The van der Waals surface area contributed by atoms with Gasteiger partial charge in [-0.1, -0.05) is 12.1 Å². The van der Waals surface area contributed by atoms with E-state index >= 15 is 0 Å².